The molecular weight excluding hydrogens is 367 g/mol. The van der Waals surface area contributed by atoms with Crippen molar-refractivity contribution < 1.29 is 74.2 Å². The van der Waals surface area contributed by atoms with Gasteiger partial charge in [0, 0.05) is 0 Å². The first-order valence-electron chi connectivity index (χ1n) is 7.96. The van der Waals surface area contributed by atoms with E-state index in [0.29, 0.717) is 17.7 Å². The van der Waals surface area contributed by atoms with Crippen molar-refractivity contribution in [3.63, 3.8) is 0 Å². The molecule has 1 N–H and O–H groups in total. The molecule has 130 valence electrons. The zero-order valence-corrected chi connectivity index (χ0v) is 18.5. The summed E-state index contributed by atoms with van der Waals surface area (Å²) in [7, 11) is -4.57. The van der Waals surface area contributed by atoms with Crippen LogP contribution in [0.2, 0.25) is 0 Å². The van der Waals surface area contributed by atoms with E-state index in [-0.39, 0.29) is 57.1 Å². The van der Waals surface area contributed by atoms with Gasteiger partial charge in [-0.1, -0.05) is 62.3 Å². The average Bonchev–Trinajstić information content (AvgIpc) is 2.54. The van der Waals surface area contributed by atoms with E-state index < -0.39 is 20.8 Å². The van der Waals surface area contributed by atoms with Crippen LogP contribution in [0.1, 0.15) is 38.2 Å². The Bertz CT molecular complexity index is 776. The fraction of sp³-hybridized carbons (Fsp3) is 0.333. The summed E-state index contributed by atoms with van der Waals surface area (Å²) in [5, 5.41) is 12.1. The molecule has 0 atom stereocenters. The Kier molecular flexibility index (Phi) is 9.65. The molecule has 0 aromatic heterocycles. The largest absolute Gasteiger partial charge is 1.00 e. The second kappa shape index (κ2) is 10.7. The van der Waals surface area contributed by atoms with Gasteiger partial charge >= 0.3 is 51.4 Å². The van der Waals surface area contributed by atoms with Crippen molar-refractivity contribution in [2.24, 2.45) is 0 Å². The van der Waals surface area contributed by atoms with Gasteiger partial charge in [-0.2, -0.15) is 8.42 Å². The molecule has 0 aliphatic carbocycles. The third kappa shape index (κ3) is 6.67. The normalized spacial score (nSPS) is 11.0. The minimum absolute atomic E-state index is 0. The molecule has 25 heavy (non-hydrogen) atoms. The van der Waals surface area contributed by atoms with Crippen LogP contribution in [-0.2, 0) is 16.5 Å². The molecule has 2 aromatic carbocycles. The minimum Gasteiger partial charge on any atom is -0.870 e. The van der Waals surface area contributed by atoms with Crippen LogP contribution in [-0.4, -0.2) is 13.0 Å². The average molecular weight is 389 g/mol. The Morgan fingerprint density at radius 2 is 1.72 bits per heavy atom. The Balaban J connectivity index is 0.00000312. The number of aryl methyl sites for hydroxylation is 1. The second-order valence-electron chi connectivity index (χ2n) is 5.58. The van der Waals surface area contributed by atoms with E-state index in [1.807, 2.05) is 0 Å². The number of benzene rings is 2. The summed E-state index contributed by atoms with van der Waals surface area (Å²) in [6.45, 7) is 2.08. The molecule has 0 heterocycles. The molecule has 0 aliphatic rings. The van der Waals surface area contributed by atoms with Gasteiger partial charge < -0.3 is 9.84 Å². The maximum absolute atomic E-state index is 12.1. The van der Waals surface area contributed by atoms with Crippen LogP contribution >= 0.6 is 0 Å². The zero-order valence-electron chi connectivity index (χ0n) is 14.6. The maximum Gasteiger partial charge on any atom is 1.00 e. The Hall–Kier alpha value is -0.414. The third-order valence-corrected chi connectivity index (χ3v) is 4.64. The monoisotopic (exact) mass is 388 g/mol. The molecule has 2 aromatic rings. The fourth-order valence-electron chi connectivity index (χ4n) is 2.51. The Labute approximate surface area is 191 Å². The minimum atomic E-state index is -4.57. The number of para-hydroxylation sites is 1. The van der Waals surface area contributed by atoms with Gasteiger partial charge in [0.2, 0.25) is 0 Å². The summed E-state index contributed by atoms with van der Waals surface area (Å²) in [6, 6.07) is 11.2. The van der Waals surface area contributed by atoms with Crippen LogP contribution in [0.4, 0.5) is 0 Å². The van der Waals surface area contributed by atoms with Gasteiger partial charge in [0.05, 0.1) is 0 Å². The third-order valence-electron chi connectivity index (χ3n) is 3.68. The predicted molar refractivity (Wildman–Crippen MR) is 90.1 cm³/mol. The number of hydrogen-bond donors (Lipinski definition) is 1. The van der Waals surface area contributed by atoms with Crippen LogP contribution in [0.3, 0.4) is 0 Å². The van der Waals surface area contributed by atoms with Crippen molar-refractivity contribution in [1.82, 2.24) is 0 Å². The quantitative estimate of drug-likeness (QED) is 0.413. The molecule has 5 nitrogen and oxygen atoms in total. The van der Waals surface area contributed by atoms with E-state index in [2.05, 4.69) is 6.92 Å². The van der Waals surface area contributed by atoms with Crippen LogP contribution in [0.25, 0.3) is 0 Å². The summed E-state index contributed by atoms with van der Waals surface area (Å²) in [5.41, 5.74) is 0.402. The first-order valence-corrected chi connectivity index (χ1v) is 9.40. The number of hydrogen-bond acceptors (Lipinski definition) is 4. The van der Waals surface area contributed by atoms with Crippen molar-refractivity contribution in [1.29, 1.82) is 0 Å². The number of unbranched alkanes of at least 4 members (excludes halogenated alkanes) is 3. The first kappa shape index (κ1) is 22.6. The Morgan fingerprint density at radius 3 is 2.32 bits per heavy atom. The van der Waals surface area contributed by atoms with Crippen molar-refractivity contribution in [3.05, 3.63) is 48.0 Å². The van der Waals surface area contributed by atoms with E-state index in [1.54, 1.807) is 30.3 Å². The van der Waals surface area contributed by atoms with Crippen LogP contribution in [0.15, 0.2) is 47.4 Å². The molecule has 0 amide bonds. The maximum atomic E-state index is 12.1. The smallest absolute Gasteiger partial charge is 0.870 e. The van der Waals surface area contributed by atoms with Gasteiger partial charge in [-0.3, -0.25) is 4.55 Å². The van der Waals surface area contributed by atoms with Crippen LogP contribution in [0, 0.1) is 0 Å². The molecule has 7 heteroatoms. The molecule has 0 bridgehead atoms. The van der Waals surface area contributed by atoms with Gasteiger partial charge in [-0.25, -0.2) is 0 Å². The number of rotatable bonds is 8. The Morgan fingerprint density at radius 1 is 1.04 bits per heavy atom. The molecule has 0 aliphatic heterocycles. The van der Waals surface area contributed by atoms with E-state index >= 15 is 0 Å². The predicted octanol–water partition coefficient (Wildman–Crippen LogP) is 0.926. The van der Waals surface area contributed by atoms with Crippen molar-refractivity contribution in [2.75, 3.05) is 0 Å². The zero-order chi connectivity index (χ0) is 17.6. The molecule has 0 unspecified atom stereocenters. The molecule has 2 rings (SSSR count). The van der Waals surface area contributed by atoms with Crippen LogP contribution in [0.5, 0.6) is 17.2 Å². The first-order chi connectivity index (χ1) is 11.4. The fourth-order valence-corrected chi connectivity index (χ4v) is 3.39. The topological polar surface area (TPSA) is 86.7 Å². The molecule has 0 radical (unpaired) electrons. The van der Waals surface area contributed by atoms with Gasteiger partial charge in [0.1, 0.15) is 16.4 Å². The molecule has 0 fully saturated rings. The van der Waals surface area contributed by atoms with Crippen molar-refractivity contribution in [3.8, 4) is 17.2 Å². The summed E-state index contributed by atoms with van der Waals surface area (Å²) >= 11 is 0. The second-order valence-corrected chi connectivity index (χ2v) is 6.94. The van der Waals surface area contributed by atoms with Gasteiger partial charge in [-0.05, 0) is 30.5 Å². The summed E-state index contributed by atoms with van der Waals surface area (Å²) < 4.78 is 38.8. The van der Waals surface area contributed by atoms with Crippen molar-refractivity contribution in [2.45, 2.75) is 43.9 Å². The van der Waals surface area contributed by atoms with Crippen molar-refractivity contribution >= 4 is 10.1 Å². The van der Waals surface area contributed by atoms with E-state index in [1.165, 1.54) is 12.1 Å². The number of ether oxygens (including phenoxy) is 1. The summed E-state index contributed by atoms with van der Waals surface area (Å²) in [5.74, 6) is -0.594. The van der Waals surface area contributed by atoms with E-state index in [9.17, 15) is 18.1 Å². The molecular formula is C18H21KO5S. The SMILES string of the molecule is CCCCCCc1ccc([O-])c(Oc2ccccc2)c1S(=O)(=O)O.[K+]. The molecule has 0 saturated heterocycles. The van der Waals surface area contributed by atoms with Gasteiger partial charge in [0.15, 0.2) is 0 Å². The summed E-state index contributed by atoms with van der Waals surface area (Å²) in [6.07, 6.45) is 4.30. The standard InChI is InChI=1S/C18H22O5S.K/c1-2-3-4-6-9-14-12-13-16(19)17(18(14)24(20,21)22)23-15-10-7-5-8-11-15;/h5,7-8,10-13,19H,2-4,6,9H2,1H3,(H,20,21,22);/q;+1/p-1. The van der Waals surface area contributed by atoms with Gasteiger partial charge in [0.25, 0.3) is 10.1 Å². The van der Waals surface area contributed by atoms with E-state index in [4.69, 9.17) is 4.74 Å². The molecule has 0 saturated carbocycles. The van der Waals surface area contributed by atoms with E-state index in [0.717, 1.165) is 25.7 Å². The van der Waals surface area contributed by atoms with Gasteiger partial charge in [-0.15, -0.1) is 0 Å². The summed E-state index contributed by atoms with van der Waals surface area (Å²) in [4.78, 5) is -0.421. The molecule has 0 spiro atoms. The van der Waals surface area contributed by atoms with Crippen LogP contribution < -0.4 is 61.2 Å².